The summed E-state index contributed by atoms with van der Waals surface area (Å²) in [5, 5.41) is 1.89. The molecule has 144 valence electrons. The van der Waals surface area contributed by atoms with E-state index >= 15 is 0 Å². The molecule has 0 aliphatic carbocycles. The number of methoxy groups -OCH3 is 2. The monoisotopic (exact) mass is 380 g/mol. The summed E-state index contributed by atoms with van der Waals surface area (Å²) in [4.78, 5) is 28.2. The van der Waals surface area contributed by atoms with Crippen LogP contribution in [-0.2, 0) is 9.47 Å². The molecule has 0 fully saturated rings. The number of carbonyl (C=O) groups excluding carboxylic acids is 2. The van der Waals surface area contributed by atoms with E-state index in [-0.39, 0.29) is 11.9 Å². The zero-order chi connectivity index (χ0) is 20.3. The van der Waals surface area contributed by atoms with Gasteiger partial charge in [0.15, 0.2) is 0 Å². The minimum Gasteiger partial charge on any atom is -0.464 e. The van der Waals surface area contributed by atoms with E-state index in [1.807, 2.05) is 12.1 Å². The third kappa shape index (κ3) is 3.90. The second-order valence-corrected chi connectivity index (χ2v) is 6.04. The van der Waals surface area contributed by atoms with E-state index in [0.29, 0.717) is 22.8 Å². The topological polar surface area (TPSA) is 136 Å². The Bertz CT molecular complexity index is 1070. The van der Waals surface area contributed by atoms with E-state index in [4.69, 9.17) is 11.5 Å². The van der Waals surface area contributed by atoms with Crippen LogP contribution in [0.25, 0.3) is 21.8 Å². The first-order valence-corrected chi connectivity index (χ1v) is 8.34. The summed E-state index contributed by atoms with van der Waals surface area (Å²) in [5.74, 6) is -0.750. The van der Waals surface area contributed by atoms with E-state index in [1.54, 1.807) is 36.4 Å². The first-order valence-electron chi connectivity index (χ1n) is 8.34. The normalized spacial score (nSPS) is 10.4. The Kier molecular flexibility index (Phi) is 5.21. The maximum Gasteiger partial charge on any atom is 0.354 e. The van der Waals surface area contributed by atoms with E-state index in [1.165, 1.54) is 14.2 Å². The van der Waals surface area contributed by atoms with Crippen LogP contribution in [0.5, 0.6) is 0 Å². The molecule has 6 N–H and O–H groups in total. The van der Waals surface area contributed by atoms with Crippen LogP contribution in [0.3, 0.4) is 0 Å². The summed E-state index contributed by atoms with van der Waals surface area (Å²) in [5.41, 5.74) is 15.1. The maximum atomic E-state index is 11.2. The Morgan fingerprint density at radius 3 is 1.46 bits per heavy atom. The van der Waals surface area contributed by atoms with Crippen molar-refractivity contribution in [1.29, 1.82) is 0 Å². The van der Waals surface area contributed by atoms with Gasteiger partial charge < -0.3 is 30.9 Å². The Hall–Kier alpha value is -3.94. The molecule has 2 aromatic carbocycles. The number of nitrogens with one attached hydrogen (secondary N) is 2. The molecule has 4 rings (SSSR count). The lowest BCUT2D eigenvalue weighted by Gasteiger charge is -1.92. The molecule has 0 saturated heterocycles. The minimum absolute atomic E-state index is 0.375. The second kappa shape index (κ2) is 7.75. The summed E-state index contributed by atoms with van der Waals surface area (Å²) < 4.78 is 9.19. The number of hydrogen-bond acceptors (Lipinski definition) is 6. The lowest BCUT2D eigenvalue weighted by atomic mass is 10.2. The van der Waals surface area contributed by atoms with E-state index in [2.05, 4.69) is 19.4 Å². The molecule has 0 aliphatic rings. The summed E-state index contributed by atoms with van der Waals surface area (Å²) in [6.45, 7) is 0. The summed E-state index contributed by atoms with van der Waals surface area (Å²) in [6.07, 6.45) is 0. The molecule has 0 amide bonds. The van der Waals surface area contributed by atoms with Crippen molar-refractivity contribution in [3.05, 3.63) is 59.9 Å². The molecular formula is C20H20N4O4. The van der Waals surface area contributed by atoms with Crippen molar-refractivity contribution in [3.8, 4) is 0 Å². The molecule has 4 aromatic rings. The molecule has 0 bridgehead atoms. The van der Waals surface area contributed by atoms with E-state index in [0.717, 1.165) is 21.8 Å². The van der Waals surface area contributed by atoms with Crippen LogP contribution in [0.2, 0.25) is 0 Å². The summed E-state index contributed by atoms with van der Waals surface area (Å²) in [6, 6.07) is 14.3. The van der Waals surface area contributed by atoms with Crippen LogP contribution >= 0.6 is 0 Å². The van der Waals surface area contributed by atoms with Crippen molar-refractivity contribution in [1.82, 2.24) is 9.97 Å². The number of anilines is 2. The highest BCUT2D eigenvalue weighted by atomic mass is 16.5. The van der Waals surface area contributed by atoms with Crippen LogP contribution < -0.4 is 11.5 Å². The van der Waals surface area contributed by atoms with Crippen molar-refractivity contribution in [2.24, 2.45) is 0 Å². The SMILES string of the molecule is COC(=O)c1cc2ccc(N)cc2[nH]1.COC(=O)c1cc2ccc(N)cc2[nH]1. The number of fused-ring (bicyclic) bond motifs is 2. The zero-order valence-corrected chi connectivity index (χ0v) is 15.4. The highest BCUT2D eigenvalue weighted by Crippen LogP contribution is 2.19. The molecular weight excluding hydrogens is 360 g/mol. The van der Waals surface area contributed by atoms with Crippen LogP contribution in [0, 0.1) is 0 Å². The van der Waals surface area contributed by atoms with Crippen molar-refractivity contribution in [3.63, 3.8) is 0 Å². The summed E-state index contributed by atoms with van der Waals surface area (Å²) >= 11 is 0. The standard InChI is InChI=1S/2C10H10N2O2/c2*1-14-10(13)9-4-6-2-3-7(11)5-8(6)12-9/h2*2-5,12H,11H2,1H3. The average molecular weight is 380 g/mol. The quantitative estimate of drug-likeness (QED) is 0.312. The number of nitrogen functional groups attached to an aromatic ring is 2. The molecule has 2 heterocycles. The number of benzene rings is 2. The van der Waals surface area contributed by atoms with Gasteiger partial charge in [0, 0.05) is 33.2 Å². The van der Waals surface area contributed by atoms with Crippen molar-refractivity contribution in [2.75, 3.05) is 25.7 Å². The predicted molar refractivity (Wildman–Crippen MR) is 108 cm³/mol. The van der Waals surface area contributed by atoms with E-state index < -0.39 is 0 Å². The van der Waals surface area contributed by atoms with Gasteiger partial charge in [-0.1, -0.05) is 12.1 Å². The third-order valence-corrected chi connectivity index (χ3v) is 4.10. The maximum absolute atomic E-state index is 11.2. The average Bonchev–Trinajstić information content (AvgIpc) is 3.30. The number of carbonyl (C=O) groups is 2. The van der Waals surface area contributed by atoms with Gasteiger partial charge in [-0.15, -0.1) is 0 Å². The largest absolute Gasteiger partial charge is 0.464 e. The van der Waals surface area contributed by atoms with Crippen molar-refractivity contribution < 1.29 is 19.1 Å². The van der Waals surface area contributed by atoms with E-state index in [9.17, 15) is 9.59 Å². The Morgan fingerprint density at radius 2 is 1.11 bits per heavy atom. The number of esters is 2. The van der Waals surface area contributed by atoms with Crippen LogP contribution in [0.4, 0.5) is 11.4 Å². The number of aromatic nitrogens is 2. The van der Waals surface area contributed by atoms with Gasteiger partial charge in [-0.25, -0.2) is 9.59 Å². The van der Waals surface area contributed by atoms with Crippen molar-refractivity contribution in [2.45, 2.75) is 0 Å². The molecule has 28 heavy (non-hydrogen) atoms. The molecule has 0 atom stereocenters. The van der Waals surface area contributed by atoms with Crippen molar-refractivity contribution >= 4 is 45.1 Å². The fourth-order valence-electron chi connectivity index (χ4n) is 2.73. The minimum atomic E-state index is -0.375. The number of nitrogens with two attached hydrogens (primary N) is 2. The number of aromatic amines is 2. The molecule has 0 radical (unpaired) electrons. The van der Waals surface area contributed by atoms with Crippen LogP contribution in [-0.4, -0.2) is 36.1 Å². The molecule has 8 heteroatoms. The van der Waals surface area contributed by atoms with Gasteiger partial charge in [-0.05, 0) is 36.4 Å². The zero-order valence-electron chi connectivity index (χ0n) is 15.4. The first-order chi connectivity index (χ1) is 13.4. The molecule has 2 aromatic heterocycles. The lowest BCUT2D eigenvalue weighted by Crippen LogP contribution is -2.00. The number of hydrogen-bond donors (Lipinski definition) is 4. The van der Waals surface area contributed by atoms with Crippen LogP contribution in [0.1, 0.15) is 21.0 Å². The summed E-state index contributed by atoms with van der Waals surface area (Å²) in [7, 11) is 2.70. The molecule has 0 saturated carbocycles. The fourth-order valence-corrected chi connectivity index (χ4v) is 2.73. The predicted octanol–water partition coefficient (Wildman–Crippen LogP) is 3.07. The number of ether oxygens (including phenoxy) is 2. The molecule has 0 unspecified atom stereocenters. The van der Waals surface area contributed by atoms with Gasteiger partial charge in [0.1, 0.15) is 11.4 Å². The number of H-pyrrole nitrogens is 2. The first kappa shape index (κ1) is 18.8. The third-order valence-electron chi connectivity index (χ3n) is 4.10. The van der Waals surface area contributed by atoms with Gasteiger partial charge in [0.2, 0.25) is 0 Å². The molecule has 0 aliphatic heterocycles. The molecule has 8 nitrogen and oxygen atoms in total. The highest BCUT2D eigenvalue weighted by molar-refractivity contribution is 5.96. The van der Waals surface area contributed by atoms with Gasteiger partial charge in [0.25, 0.3) is 0 Å². The Balaban J connectivity index is 0.000000161. The number of rotatable bonds is 2. The van der Waals surface area contributed by atoms with Crippen LogP contribution in [0.15, 0.2) is 48.5 Å². The smallest absolute Gasteiger partial charge is 0.354 e. The lowest BCUT2D eigenvalue weighted by molar-refractivity contribution is 0.0586. The fraction of sp³-hybridized carbons (Fsp3) is 0.100. The van der Waals surface area contributed by atoms with Gasteiger partial charge in [-0.2, -0.15) is 0 Å². The van der Waals surface area contributed by atoms with Gasteiger partial charge in [-0.3, -0.25) is 0 Å². The molecule has 0 spiro atoms. The Morgan fingerprint density at radius 1 is 0.714 bits per heavy atom. The van der Waals surface area contributed by atoms with Gasteiger partial charge in [0.05, 0.1) is 14.2 Å². The highest BCUT2D eigenvalue weighted by Gasteiger charge is 2.09. The second-order valence-electron chi connectivity index (χ2n) is 6.04. The van der Waals surface area contributed by atoms with Gasteiger partial charge >= 0.3 is 11.9 Å². The Labute approximate surface area is 160 Å².